The van der Waals surface area contributed by atoms with Crippen LogP contribution in [0.1, 0.15) is 37.0 Å². The molecule has 0 bridgehead atoms. The lowest BCUT2D eigenvalue weighted by Crippen LogP contribution is -2.08. The average Bonchev–Trinajstić information content (AvgIpc) is 2.35. The van der Waals surface area contributed by atoms with Crippen LogP contribution in [0.25, 0.3) is 0 Å². The fourth-order valence-corrected chi connectivity index (χ4v) is 1.42. The molecular weight excluding hydrogens is 240 g/mol. The quantitative estimate of drug-likeness (QED) is 0.669. The van der Waals surface area contributed by atoms with Crippen LogP contribution in [0.2, 0.25) is 0 Å². The van der Waals surface area contributed by atoms with Gasteiger partial charge in [0, 0.05) is 11.3 Å². The zero-order valence-electron chi connectivity index (χ0n) is 11.1. The molecule has 1 aromatic carbocycles. The summed E-state index contributed by atoms with van der Waals surface area (Å²) in [5.74, 6) is -0.448. The molecule has 0 aliphatic rings. The zero-order valence-corrected chi connectivity index (χ0v) is 11.1. The lowest BCUT2D eigenvalue weighted by atomic mass is 10.0. The second kappa shape index (κ2) is 7.63. The third-order valence-electron chi connectivity index (χ3n) is 2.33. The van der Waals surface area contributed by atoms with Crippen molar-refractivity contribution in [1.29, 1.82) is 0 Å². The minimum absolute atomic E-state index is 0.00725. The van der Waals surface area contributed by atoms with Crippen molar-refractivity contribution in [3.8, 4) is 0 Å². The molecule has 0 saturated carbocycles. The average molecular weight is 259 g/mol. The number of nitrogen functional groups attached to an aromatic ring is 1. The van der Waals surface area contributed by atoms with Crippen molar-refractivity contribution in [3.63, 3.8) is 0 Å². The number of rotatable bonds is 3. The lowest BCUT2D eigenvalue weighted by Gasteiger charge is -2.10. The molecule has 0 heterocycles. The van der Waals surface area contributed by atoms with Crippen molar-refractivity contribution in [3.05, 3.63) is 28.8 Å². The summed E-state index contributed by atoms with van der Waals surface area (Å²) >= 11 is 0. The number of carbonyl (C=O) groups excluding carboxylic acids is 1. The molecule has 0 saturated heterocycles. The highest BCUT2D eigenvalue weighted by Gasteiger charge is 2.14. The topological polar surface area (TPSA) is 52.3 Å². The highest BCUT2D eigenvalue weighted by molar-refractivity contribution is 5.75. The predicted octanol–water partition coefficient (Wildman–Crippen LogP) is 3.26. The van der Waals surface area contributed by atoms with E-state index in [4.69, 9.17) is 5.73 Å². The standard InChI is InChI=1S/C11H13F2NO2.C2H6/c1-6-3-7(4-10(15)16-2)9(14)5-8(6)11(12)13;1-2/h3,5,11H,4,14H2,1-2H3;1-2H3. The summed E-state index contributed by atoms with van der Waals surface area (Å²) in [7, 11) is 1.26. The molecule has 2 N–H and O–H groups in total. The van der Waals surface area contributed by atoms with E-state index in [1.807, 2.05) is 13.8 Å². The van der Waals surface area contributed by atoms with Crippen LogP contribution >= 0.6 is 0 Å². The Hall–Kier alpha value is -1.65. The van der Waals surface area contributed by atoms with Gasteiger partial charge < -0.3 is 10.5 Å². The fourth-order valence-electron chi connectivity index (χ4n) is 1.42. The Bertz CT molecular complexity index is 406. The van der Waals surface area contributed by atoms with E-state index in [1.54, 1.807) is 6.92 Å². The minimum Gasteiger partial charge on any atom is -0.469 e. The van der Waals surface area contributed by atoms with Gasteiger partial charge >= 0.3 is 5.97 Å². The Labute approximate surface area is 106 Å². The molecule has 0 amide bonds. The van der Waals surface area contributed by atoms with Crippen LogP contribution in [0.4, 0.5) is 14.5 Å². The molecule has 5 heteroatoms. The molecule has 0 aliphatic heterocycles. The number of esters is 1. The third kappa shape index (κ3) is 4.31. The highest BCUT2D eigenvalue weighted by Crippen LogP contribution is 2.27. The minimum atomic E-state index is -2.56. The summed E-state index contributed by atoms with van der Waals surface area (Å²) in [6.45, 7) is 5.56. The van der Waals surface area contributed by atoms with Gasteiger partial charge in [-0.15, -0.1) is 0 Å². The number of nitrogens with two attached hydrogens (primary N) is 1. The van der Waals surface area contributed by atoms with Crippen LogP contribution in [0.3, 0.4) is 0 Å². The molecule has 0 atom stereocenters. The van der Waals surface area contributed by atoms with Crippen LogP contribution < -0.4 is 5.73 Å². The molecule has 0 fully saturated rings. The monoisotopic (exact) mass is 259 g/mol. The zero-order chi connectivity index (χ0) is 14.3. The van der Waals surface area contributed by atoms with E-state index >= 15 is 0 Å². The second-order valence-corrected chi connectivity index (χ2v) is 3.46. The first-order valence-electron chi connectivity index (χ1n) is 5.69. The number of hydrogen-bond acceptors (Lipinski definition) is 3. The Morgan fingerprint density at radius 1 is 1.39 bits per heavy atom. The van der Waals surface area contributed by atoms with E-state index in [1.165, 1.54) is 19.2 Å². The van der Waals surface area contributed by atoms with Crippen molar-refractivity contribution in [2.75, 3.05) is 12.8 Å². The van der Waals surface area contributed by atoms with Crippen molar-refractivity contribution in [1.82, 2.24) is 0 Å². The maximum absolute atomic E-state index is 12.5. The first kappa shape index (κ1) is 16.4. The van der Waals surface area contributed by atoms with Crippen LogP contribution in [-0.2, 0) is 16.0 Å². The number of methoxy groups -OCH3 is 1. The Kier molecular flexibility index (Phi) is 6.93. The Morgan fingerprint density at radius 3 is 2.39 bits per heavy atom. The highest BCUT2D eigenvalue weighted by atomic mass is 19.3. The summed E-state index contributed by atoms with van der Waals surface area (Å²) < 4.78 is 29.5. The summed E-state index contributed by atoms with van der Waals surface area (Å²) in [6, 6.07) is 2.70. The molecule has 0 unspecified atom stereocenters. The first-order chi connectivity index (χ1) is 8.45. The summed E-state index contributed by atoms with van der Waals surface area (Å²) in [6.07, 6.45) is -2.57. The van der Waals surface area contributed by atoms with Gasteiger partial charge in [-0.2, -0.15) is 0 Å². The fraction of sp³-hybridized carbons (Fsp3) is 0.462. The largest absolute Gasteiger partial charge is 0.469 e. The predicted molar refractivity (Wildman–Crippen MR) is 67.6 cm³/mol. The smallest absolute Gasteiger partial charge is 0.310 e. The maximum Gasteiger partial charge on any atom is 0.310 e. The second-order valence-electron chi connectivity index (χ2n) is 3.46. The molecule has 1 aromatic rings. The maximum atomic E-state index is 12.5. The normalized spacial score (nSPS) is 9.72. The van der Waals surface area contributed by atoms with E-state index in [-0.39, 0.29) is 17.7 Å². The van der Waals surface area contributed by atoms with Crippen LogP contribution in [0, 0.1) is 6.92 Å². The lowest BCUT2D eigenvalue weighted by molar-refractivity contribution is -0.139. The van der Waals surface area contributed by atoms with Crippen molar-refractivity contribution < 1.29 is 18.3 Å². The molecule has 0 spiro atoms. The summed E-state index contributed by atoms with van der Waals surface area (Å²) in [5, 5.41) is 0. The van der Waals surface area contributed by atoms with E-state index in [2.05, 4.69) is 4.74 Å². The molecule has 0 radical (unpaired) electrons. The number of hydrogen-bond donors (Lipinski definition) is 1. The van der Waals surface area contributed by atoms with E-state index in [0.717, 1.165) is 0 Å². The summed E-state index contributed by atoms with van der Waals surface area (Å²) in [5.41, 5.74) is 6.60. The van der Waals surface area contributed by atoms with E-state index in [0.29, 0.717) is 11.1 Å². The SMILES string of the molecule is CC.COC(=O)Cc1cc(C)c(C(F)F)cc1N. The number of halogens is 2. The molecule has 0 aromatic heterocycles. The van der Waals surface area contributed by atoms with Crippen LogP contribution in [-0.4, -0.2) is 13.1 Å². The van der Waals surface area contributed by atoms with Gasteiger partial charge in [0.2, 0.25) is 0 Å². The van der Waals surface area contributed by atoms with Gasteiger partial charge in [-0.3, -0.25) is 4.79 Å². The van der Waals surface area contributed by atoms with Gasteiger partial charge in [-0.25, -0.2) is 8.78 Å². The van der Waals surface area contributed by atoms with Crippen LogP contribution in [0.5, 0.6) is 0 Å². The first-order valence-corrected chi connectivity index (χ1v) is 5.69. The van der Waals surface area contributed by atoms with E-state index in [9.17, 15) is 13.6 Å². The van der Waals surface area contributed by atoms with E-state index < -0.39 is 12.4 Å². The number of carbonyl (C=O) groups is 1. The number of ether oxygens (including phenoxy) is 1. The number of benzene rings is 1. The number of anilines is 1. The van der Waals surface area contributed by atoms with Gasteiger partial charge in [0.15, 0.2) is 0 Å². The Balaban J connectivity index is 0.00000137. The molecule has 1 rings (SSSR count). The molecular formula is C13H19F2NO2. The van der Waals surface area contributed by atoms with Gasteiger partial charge in [0.05, 0.1) is 13.5 Å². The Morgan fingerprint density at radius 2 is 1.94 bits per heavy atom. The molecule has 3 nitrogen and oxygen atoms in total. The third-order valence-corrected chi connectivity index (χ3v) is 2.33. The summed E-state index contributed by atoms with van der Waals surface area (Å²) in [4.78, 5) is 11.0. The number of aryl methyl sites for hydroxylation is 1. The van der Waals surface area contributed by atoms with Crippen molar-refractivity contribution >= 4 is 11.7 Å². The van der Waals surface area contributed by atoms with Gasteiger partial charge in [-0.1, -0.05) is 19.9 Å². The van der Waals surface area contributed by atoms with Crippen molar-refractivity contribution in [2.24, 2.45) is 0 Å². The molecule has 0 aliphatic carbocycles. The van der Waals surface area contributed by atoms with Gasteiger partial charge in [0.25, 0.3) is 6.43 Å². The van der Waals surface area contributed by atoms with Gasteiger partial charge in [-0.05, 0) is 24.1 Å². The van der Waals surface area contributed by atoms with Crippen LogP contribution in [0.15, 0.2) is 12.1 Å². The van der Waals surface area contributed by atoms with Crippen molar-refractivity contribution in [2.45, 2.75) is 33.6 Å². The molecule has 102 valence electrons. The van der Waals surface area contributed by atoms with Gasteiger partial charge in [0.1, 0.15) is 0 Å². The molecule has 18 heavy (non-hydrogen) atoms. The number of alkyl halides is 2.